The molecule has 0 saturated carbocycles. The molecular formula is C22H28F6N2O2. The van der Waals surface area contributed by atoms with Crippen molar-refractivity contribution in [2.45, 2.75) is 66.4 Å². The fraction of sp³-hybridized carbons (Fsp3) is 0.455. The van der Waals surface area contributed by atoms with Crippen LogP contribution in [-0.2, 0) is 17.1 Å². The summed E-state index contributed by atoms with van der Waals surface area (Å²) in [5, 5.41) is 10.0. The number of pyridine rings is 2. The first kappa shape index (κ1) is 29.2. The molecule has 10 heteroatoms. The first-order valence-corrected chi connectivity index (χ1v) is 10.2. The van der Waals surface area contributed by atoms with Crippen molar-refractivity contribution < 1.29 is 36.2 Å². The molecule has 0 spiro atoms. The van der Waals surface area contributed by atoms with E-state index in [1.807, 2.05) is 27.7 Å². The minimum absolute atomic E-state index is 0.0778. The van der Waals surface area contributed by atoms with Crippen LogP contribution in [-0.4, -0.2) is 15.1 Å². The first-order valence-electron chi connectivity index (χ1n) is 10.2. The van der Waals surface area contributed by atoms with E-state index in [-0.39, 0.29) is 16.9 Å². The molecule has 1 atom stereocenters. The van der Waals surface area contributed by atoms with Crippen molar-refractivity contribution in [1.82, 2.24) is 9.97 Å². The van der Waals surface area contributed by atoms with Crippen LogP contribution in [0.25, 0.3) is 5.76 Å². The molecule has 2 aromatic rings. The number of rotatable bonds is 2. The van der Waals surface area contributed by atoms with Crippen LogP contribution in [0.3, 0.4) is 0 Å². The zero-order valence-electron chi connectivity index (χ0n) is 18.8. The predicted molar refractivity (Wildman–Crippen MR) is 111 cm³/mol. The molecular weight excluding hydrogens is 438 g/mol. The second kappa shape index (κ2) is 12.9. The molecule has 1 unspecified atom stereocenters. The van der Waals surface area contributed by atoms with Crippen molar-refractivity contribution in [2.24, 2.45) is 0 Å². The van der Waals surface area contributed by atoms with Gasteiger partial charge >= 0.3 is 12.4 Å². The lowest BCUT2D eigenvalue weighted by Crippen LogP contribution is -2.08. The summed E-state index contributed by atoms with van der Waals surface area (Å²) < 4.78 is 80.9. The number of alkyl halides is 6. The average Bonchev–Trinajstić information content (AvgIpc) is 3.57. The van der Waals surface area contributed by atoms with Crippen molar-refractivity contribution >= 4 is 5.76 Å². The van der Waals surface area contributed by atoms with Gasteiger partial charge in [0.15, 0.2) is 17.6 Å². The average molecular weight is 466 g/mol. The lowest BCUT2D eigenvalue weighted by molar-refractivity contribution is -0.142. The number of ether oxygens (including phenoxy) is 1. The van der Waals surface area contributed by atoms with E-state index >= 15 is 0 Å². The molecule has 3 rings (SSSR count). The number of aliphatic hydroxyl groups excluding tert-OH is 1. The standard InChI is InChI=1S/C15H8F6N2O2.C3H8.2C2H6/c16-14(17,18)9-5-7(1-3-22-9)11(24)13-12(25-13)8-2-4-23-10(6-8)15(19,20)21;1-3-2;2*1-2/h1-6,12,24H;3H2,1-2H3;2*1-2H3/b13-11-;;;. The highest BCUT2D eigenvalue weighted by Gasteiger charge is 2.41. The first-order chi connectivity index (χ1) is 15.0. The molecule has 0 amide bonds. The Balaban J connectivity index is 0.00000124. The van der Waals surface area contributed by atoms with Gasteiger partial charge in [-0.05, 0) is 24.3 Å². The molecule has 1 aliphatic heterocycles. The Morgan fingerprint density at radius 3 is 1.78 bits per heavy atom. The highest BCUT2D eigenvalue weighted by Crippen LogP contribution is 2.47. The molecule has 3 heterocycles. The maximum Gasteiger partial charge on any atom is 0.433 e. The van der Waals surface area contributed by atoms with Crippen molar-refractivity contribution in [1.29, 1.82) is 0 Å². The Morgan fingerprint density at radius 2 is 1.31 bits per heavy atom. The Bertz CT molecular complexity index is 864. The molecule has 0 bridgehead atoms. The zero-order chi connectivity index (χ0) is 25.1. The number of halogens is 6. The van der Waals surface area contributed by atoms with Crippen LogP contribution in [0.15, 0.2) is 42.4 Å². The van der Waals surface area contributed by atoms with E-state index in [2.05, 4.69) is 23.8 Å². The van der Waals surface area contributed by atoms with Gasteiger partial charge < -0.3 is 9.84 Å². The van der Waals surface area contributed by atoms with E-state index in [9.17, 15) is 31.4 Å². The van der Waals surface area contributed by atoms with Crippen LogP contribution >= 0.6 is 0 Å². The molecule has 0 radical (unpaired) electrons. The maximum atomic E-state index is 12.7. The summed E-state index contributed by atoms with van der Waals surface area (Å²) in [6.07, 6.45) is -7.28. The summed E-state index contributed by atoms with van der Waals surface area (Å²) >= 11 is 0. The van der Waals surface area contributed by atoms with E-state index in [4.69, 9.17) is 4.74 Å². The van der Waals surface area contributed by atoms with Crippen LogP contribution in [0.5, 0.6) is 0 Å². The minimum Gasteiger partial charge on any atom is -0.504 e. The largest absolute Gasteiger partial charge is 0.504 e. The van der Waals surface area contributed by atoms with Gasteiger partial charge in [-0.25, -0.2) is 0 Å². The van der Waals surface area contributed by atoms with Crippen molar-refractivity contribution in [2.75, 3.05) is 0 Å². The lowest BCUT2D eigenvalue weighted by atomic mass is 10.1. The van der Waals surface area contributed by atoms with Gasteiger partial charge in [0.1, 0.15) is 11.4 Å². The minimum atomic E-state index is -4.70. The van der Waals surface area contributed by atoms with E-state index in [1.54, 1.807) is 0 Å². The molecule has 1 aliphatic rings. The Morgan fingerprint density at radius 1 is 0.875 bits per heavy atom. The number of hydrogen-bond acceptors (Lipinski definition) is 4. The molecule has 1 fully saturated rings. The number of epoxide rings is 1. The van der Waals surface area contributed by atoms with Crippen molar-refractivity contribution in [3.63, 3.8) is 0 Å². The van der Waals surface area contributed by atoms with E-state index in [1.165, 1.54) is 12.5 Å². The van der Waals surface area contributed by atoms with Gasteiger partial charge in [-0.2, -0.15) is 26.3 Å². The third kappa shape index (κ3) is 8.39. The summed E-state index contributed by atoms with van der Waals surface area (Å²) in [6, 6.07) is 3.76. The van der Waals surface area contributed by atoms with Crippen molar-refractivity contribution in [3.05, 3.63) is 64.9 Å². The van der Waals surface area contributed by atoms with Gasteiger partial charge in [0.05, 0.1) is 0 Å². The number of aliphatic hydroxyl groups is 1. The third-order valence-electron chi connectivity index (χ3n) is 3.36. The monoisotopic (exact) mass is 466 g/mol. The second-order valence-corrected chi connectivity index (χ2v) is 5.82. The molecule has 0 aliphatic carbocycles. The van der Waals surface area contributed by atoms with Gasteiger partial charge in [0.25, 0.3) is 0 Å². The van der Waals surface area contributed by atoms with Crippen LogP contribution in [0, 0.1) is 0 Å². The van der Waals surface area contributed by atoms with Crippen molar-refractivity contribution in [3.8, 4) is 0 Å². The van der Waals surface area contributed by atoms with Gasteiger partial charge in [0.2, 0.25) is 0 Å². The number of aromatic nitrogens is 2. The van der Waals surface area contributed by atoms with E-state index < -0.39 is 35.6 Å². The summed E-state index contributed by atoms with van der Waals surface area (Å²) in [6.45, 7) is 12.2. The Labute approximate surface area is 184 Å². The summed E-state index contributed by atoms with van der Waals surface area (Å²) in [7, 11) is 0. The molecule has 4 nitrogen and oxygen atoms in total. The topological polar surface area (TPSA) is 58.5 Å². The number of hydrogen-bond donors (Lipinski definition) is 1. The molecule has 1 saturated heterocycles. The molecule has 32 heavy (non-hydrogen) atoms. The quantitative estimate of drug-likeness (QED) is 0.277. The van der Waals surface area contributed by atoms with Crippen LogP contribution in [0.4, 0.5) is 26.3 Å². The fourth-order valence-electron chi connectivity index (χ4n) is 2.13. The zero-order valence-corrected chi connectivity index (χ0v) is 18.8. The van der Waals surface area contributed by atoms with Gasteiger partial charge in [-0.15, -0.1) is 0 Å². The molecule has 0 aromatic carbocycles. The lowest BCUT2D eigenvalue weighted by Gasteiger charge is -2.06. The molecule has 180 valence electrons. The molecule has 1 N–H and O–H groups in total. The SMILES string of the molecule is CC.CC.CCC.O/C(=C1\OC1c1ccnc(C(F)(F)F)c1)c1ccnc(C(F)(F)F)c1. The number of nitrogens with zero attached hydrogens (tertiary/aromatic N) is 2. The fourth-order valence-corrected chi connectivity index (χ4v) is 2.13. The van der Waals surface area contributed by atoms with E-state index in [0.29, 0.717) is 6.07 Å². The summed E-state index contributed by atoms with van der Waals surface area (Å²) in [5.74, 6) is -0.720. The van der Waals surface area contributed by atoms with Gasteiger partial charge in [-0.3, -0.25) is 9.97 Å². The smallest absolute Gasteiger partial charge is 0.433 e. The Hall–Kier alpha value is -2.78. The predicted octanol–water partition coefficient (Wildman–Crippen LogP) is 7.98. The Kier molecular flexibility index (Phi) is 11.8. The highest BCUT2D eigenvalue weighted by atomic mass is 19.4. The van der Waals surface area contributed by atoms with E-state index in [0.717, 1.165) is 24.5 Å². The third-order valence-corrected chi connectivity index (χ3v) is 3.36. The molecule has 2 aromatic heterocycles. The van der Waals surface area contributed by atoms with Crippen LogP contribution in [0.1, 0.15) is 76.6 Å². The highest BCUT2D eigenvalue weighted by molar-refractivity contribution is 5.64. The second-order valence-electron chi connectivity index (χ2n) is 5.82. The summed E-state index contributed by atoms with van der Waals surface area (Å²) in [5.41, 5.74) is -2.47. The van der Waals surface area contributed by atoms with Crippen LogP contribution in [0.2, 0.25) is 0 Å². The van der Waals surface area contributed by atoms with Gasteiger partial charge in [-0.1, -0.05) is 48.0 Å². The maximum absolute atomic E-state index is 12.7. The summed E-state index contributed by atoms with van der Waals surface area (Å²) in [4.78, 5) is 6.35. The van der Waals surface area contributed by atoms with Crippen LogP contribution < -0.4 is 0 Å². The normalized spacial score (nSPS) is 16.1. The van der Waals surface area contributed by atoms with Gasteiger partial charge in [0, 0.05) is 23.5 Å².